The highest BCUT2D eigenvalue weighted by Crippen LogP contribution is 2.38. The molecule has 2 aromatic rings. The number of carbonyl (C=O) groups is 2. The Labute approximate surface area is 188 Å². The third-order valence-corrected chi connectivity index (χ3v) is 5.65. The minimum absolute atomic E-state index is 0.0727. The summed E-state index contributed by atoms with van der Waals surface area (Å²) in [4.78, 5) is 61.6. The second-order valence-electron chi connectivity index (χ2n) is 5.50. The first-order valence-corrected chi connectivity index (χ1v) is 10.9. The van der Waals surface area contributed by atoms with Gasteiger partial charge in [-0.05, 0) is 45.9 Å². The maximum absolute atomic E-state index is 12.4. The smallest absolute Gasteiger partial charge is 0.294 e. The molecule has 2 amide bonds. The normalized spacial score (nSPS) is 10.1. The zero-order valence-electron chi connectivity index (χ0n) is 16.2. The average Bonchev–Trinajstić information content (AvgIpc) is 2.78. The molecule has 2 heterocycles. The standard InChI is InChI=1S/C16H16N6O8S2/c23-13(17-7-9-29-21(25)26)11-3-1-5-19-15(11)31-32-16-12(4-2-6-20-16)14(24)18-8-10-30-22(27)28/h1-6H,7-10H2,(H,17,23)(H,18,24). The van der Waals surface area contributed by atoms with Gasteiger partial charge in [0.1, 0.15) is 23.3 Å². The predicted molar refractivity (Wildman–Crippen MR) is 111 cm³/mol. The number of amides is 2. The lowest BCUT2D eigenvalue weighted by Crippen LogP contribution is -2.28. The Bertz CT molecular complexity index is 902. The zero-order chi connectivity index (χ0) is 23.3. The lowest BCUT2D eigenvalue weighted by atomic mass is 10.2. The van der Waals surface area contributed by atoms with E-state index in [9.17, 15) is 29.8 Å². The number of nitrogens with zero attached hydrogens (tertiary/aromatic N) is 4. The molecule has 14 nitrogen and oxygen atoms in total. The summed E-state index contributed by atoms with van der Waals surface area (Å²) >= 11 is 0. The second kappa shape index (κ2) is 12.9. The summed E-state index contributed by atoms with van der Waals surface area (Å²) in [7, 11) is 2.17. The van der Waals surface area contributed by atoms with Gasteiger partial charge in [0.05, 0.1) is 11.1 Å². The Morgan fingerprint density at radius 1 is 0.844 bits per heavy atom. The van der Waals surface area contributed by atoms with E-state index in [1.165, 1.54) is 24.5 Å². The molecule has 16 heteroatoms. The van der Waals surface area contributed by atoms with Gasteiger partial charge in [-0.15, -0.1) is 20.2 Å². The molecule has 170 valence electrons. The maximum Gasteiger partial charge on any atom is 0.294 e. The third-order valence-electron chi connectivity index (χ3n) is 3.40. The third kappa shape index (κ3) is 8.23. The summed E-state index contributed by atoms with van der Waals surface area (Å²) in [6, 6.07) is 6.18. The van der Waals surface area contributed by atoms with Crippen LogP contribution >= 0.6 is 21.6 Å². The SMILES string of the molecule is O=C(NCCO[N+](=O)[O-])c1cccnc1SSc1ncccc1C(=O)NCCO[N+](=O)[O-]. The lowest BCUT2D eigenvalue weighted by molar-refractivity contribution is -0.757. The van der Waals surface area contributed by atoms with Crippen LogP contribution in [-0.4, -0.2) is 58.3 Å². The Morgan fingerprint density at radius 2 is 1.25 bits per heavy atom. The summed E-state index contributed by atoms with van der Waals surface area (Å²) in [6.07, 6.45) is 2.97. The van der Waals surface area contributed by atoms with Crippen LogP contribution in [-0.2, 0) is 9.68 Å². The summed E-state index contributed by atoms with van der Waals surface area (Å²) in [6.45, 7) is -0.738. The van der Waals surface area contributed by atoms with Crippen molar-refractivity contribution in [2.45, 2.75) is 10.1 Å². The number of hydrogen-bond acceptors (Lipinski definition) is 12. The molecule has 0 bridgehead atoms. The first kappa shape index (κ1) is 24.6. The van der Waals surface area contributed by atoms with Gasteiger partial charge in [-0.1, -0.05) is 0 Å². The van der Waals surface area contributed by atoms with Crippen molar-refractivity contribution in [2.75, 3.05) is 26.3 Å². The zero-order valence-corrected chi connectivity index (χ0v) is 17.8. The highest BCUT2D eigenvalue weighted by Gasteiger charge is 2.17. The summed E-state index contributed by atoms with van der Waals surface area (Å²) in [5.74, 6) is -1.00. The van der Waals surface area contributed by atoms with Crippen LogP contribution in [0.25, 0.3) is 0 Å². The molecule has 0 radical (unpaired) electrons. The van der Waals surface area contributed by atoms with Crippen molar-refractivity contribution in [2.24, 2.45) is 0 Å². The van der Waals surface area contributed by atoms with Gasteiger partial charge in [0.25, 0.3) is 22.0 Å². The summed E-state index contributed by atoms with van der Waals surface area (Å²) in [5, 5.41) is 24.0. The Hall–Kier alpha value is -3.66. The van der Waals surface area contributed by atoms with E-state index in [4.69, 9.17) is 0 Å². The quantitative estimate of drug-likeness (QED) is 0.179. The molecule has 0 aliphatic carbocycles. The Morgan fingerprint density at radius 3 is 1.62 bits per heavy atom. The van der Waals surface area contributed by atoms with Crippen molar-refractivity contribution < 1.29 is 29.4 Å². The molecule has 0 atom stereocenters. The van der Waals surface area contributed by atoms with Crippen LogP contribution in [0.5, 0.6) is 0 Å². The van der Waals surface area contributed by atoms with Crippen molar-refractivity contribution in [1.82, 2.24) is 20.6 Å². The van der Waals surface area contributed by atoms with Crippen molar-refractivity contribution in [3.63, 3.8) is 0 Å². The molecule has 2 N–H and O–H groups in total. The van der Waals surface area contributed by atoms with E-state index in [2.05, 4.69) is 30.3 Å². The van der Waals surface area contributed by atoms with Crippen LogP contribution in [0.4, 0.5) is 0 Å². The molecule has 0 unspecified atom stereocenters. The fourth-order valence-corrected chi connectivity index (χ4v) is 4.24. The molecule has 0 aliphatic rings. The molecule has 0 spiro atoms. The fourth-order valence-electron chi connectivity index (χ4n) is 2.10. The Kier molecular flexibility index (Phi) is 9.92. The highest BCUT2D eigenvalue weighted by atomic mass is 33.1. The minimum atomic E-state index is -0.954. The van der Waals surface area contributed by atoms with E-state index >= 15 is 0 Å². The number of pyridine rings is 2. The molecular formula is C16H16N6O8S2. The van der Waals surface area contributed by atoms with E-state index in [-0.39, 0.29) is 37.4 Å². The number of rotatable bonds is 13. The van der Waals surface area contributed by atoms with E-state index in [1.807, 2.05) is 0 Å². The van der Waals surface area contributed by atoms with Gasteiger partial charge in [0, 0.05) is 25.5 Å². The molecule has 0 fully saturated rings. The van der Waals surface area contributed by atoms with Crippen molar-refractivity contribution in [3.05, 3.63) is 68.0 Å². The molecule has 0 saturated heterocycles. The van der Waals surface area contributed by atoms with Gasteiger partial charge in [-0.2, -0.15) is 0 Å². The van der Waals surface area contributed by atoms with E-state index < -0.39 is 22.0 Å². The molecule has 2 aromatic heterocycles. The van der Waals surface area contributed by atoms with Crippen molar-refractivity contribution in [1.29, 1.82) is 0 Å². The molecular weight excluding hydrogens is 468 g/mol. The maximum atomic E-state index is 12.4. The predicted octanol–water partition coefficient (Wildman–Crippen LogP) is 1.15. The monoisotopic (exact) mass is 484 g/mol. The number of hydrogen-bond donors (Lipinski definition) is 2. The molecule has 2 rings (SSSR count). The van der Waals surface area contributed by atoms with Crippen LogP contribution < -0.4 is 10.6 Å². The second-order valence-corrected chi connectivity index (χ2v) is 7.61. The summed E-state index contributed by atoms with van der Waals surface area (Å²) in [5.41, 5.74) is 0.454. The van der Waals surface area contributed by atoms with Crippen LogP contribution in [0, 0.1) is 20.2 Å². The van der Waals surface area contributed by atoms with Gasteiger partial charge in [-0.25, -0.2) is 9.97 Å². The molecule has 0 aromatic carbocycles. The van der Waals surface area contributed by atoms with Gasteiger partial charge in [-0.3, -0.25) is 9.59 Å². The summed E-state index contributed by atoms with van der Waals surface area (Å²) < 4.78 is 0. The Balaban J connectivity index is 1.99. The van der Waals surface area contributed by atoms with Crippen molar-refractivity contribution in [3.8, 4) is 0 Å². The van der Waals surface area contributed by atoms with E-state index in [1.54, 1.807) is 12.1 Å². The number of carbonyl (C=O) groups excluding carboxylic acids is 2. The van der Waals surface area contributed by atoms with Gasteiger partial charge in [0.15, 0.2) is 0 Å². The van der Waals surface area contributed by atoms with Crippen LogP contribution in [0.3, 0.4) is 0 Å². The molecule has 0 saturated carbocycles. The van der Waals surface area contributed by atoms with Gasteiger partial charge < -0.3 is 20.3 Å². The first-order chi connectivity index (χ1) is 15.4. The first-order valence-electron chi connectivity index (χ1n) is 8.74. The van der Waals surface area contributed by atoms with Gasteiger partial charge in [0.2, 0.25) is 0 Å². The van der Waals surface area contributed by atoms with Crippen LogP contribution in [0.1, 0.15) is 20.7 Å². The fraction of sp³-hybridized carbons (Fsp3) is 0.250. The lowest BCUT2D eigenvalue weighted by Gasteiger charge is -2.10. The number of aromatic nitrogens is 2. The van der Waals surface area contributed by atoms with E-state index in [0.29, 0.717) is 10.1 Å². The highest BCUT2D eigenvalue weighted by molar-refractivity contribution is 8.76. The largest absolute Gasteiger partial charge is 0.350 e. The minimum Gasteiger partial charge on any atom is -0.350 e. The van der Waals surface area contributed by atoms with Gasteiger partial charge >= 0.3 is 0 Å². The topological polar surface area (TPSA) is 189 Å². The van der Waals surface area contributed by atoms with Crippen LogP contribution in [0.15, 0.2) is 46.7 Å². The molecule has 32 heavy (non-hydrogen) atoms. The molecule has 0 aliphatic heterocycles. The van der Waals surface area contributed by atoms with Crippen LogP contribution in [0.2, 0.25) is 0 Å². The number of nitrogens with one attached hydrogen (secondary N) is 2. The van der Waals surface area contributed by atoms with Crippen molar-refractivity contribution >= 4 is 33.4 Å². The average molecular weight is 484 g/mol. The van der Waals surface area contributed by atoms with E-state index in [0.717, 1.165) is 21.6 Å².